The molecule has 0 unspecified atom stereocenters. The summed E-state index contributed by atoms with van der Waals surface area (Å²) in [5.41, 5.74) is 6.09. The fourth-order valence-corrected chi connectivity index (χ4v) is 3.18. The minimum Gasteiger partial charge on any atom is -0.381 e. The quantitative estimate of drug-likeness (QED) is 0.895. The lowest BCUT2D eigenvalue weighted by Crippen LogP contribution is -2.54. The number of amides is 1. The summed E-state index contributed by atoms with van der Waals surface area (Å²) < 4.78 is 7.23. The molecule has 1 amide bonds. The number of ether oxygens (including phenoxy) is 1. The van der Waals surface area contributed by atoms with Crippen molar-refractivity contribution in [3.05, 3.63) is 36.7 Å². The van der Waals surface area contributed by atoms with Crippen molar-refractivity contribution in [1.29, 1.82) is 0 Å². The molecular formula is C16H20N4O2S. The van der Waals surface area contributed by atoms with Gasteiger partial charge in [-0.05, 0) is 37.1 Å². The number of nitrogens with zero attached hydrogens (tertiary/aromatic N) is 2. The third-order valence-corrected chi connectivity index (χ3v) is 5.02. The Morgan fingerprint density at radius 3 is 2.65 bits per heavy atom. The van der Waals surface area contributed by atoms with Gasteiger partial charge in [-0.3, -0.25) is 4.79 Å². The van der Waals surface area contributed by atoms with Crippen LogP contribution in [0.1, 0.15) is 12.8 Å². The zero-order valence-corrected chi connectivity index (χ0v) is 13.8. The Morgan fingerprint density at radius 2 is 2.04 bits per heavy atom. The van der Waals surface area contributed by atoms with Crippen LogP contribution in [0.3, 0.4) is 0 Å². The summed E-state index contributed by atoms with van der Waals surface area (Å²) in [6.07, 6.45) is 4.77. The van der Waals surface area contributed by atoms with Crippen LogP contribution in [0.2, 0.25) is 0 Å². The Kier molecular flexibility index (Phi) is 4.70. The molecule has 7 heteroatoms. The topological polar surface area (TPSA) is 82.2 Å². The van der Waals surface area contributed by atoms with Gasteiger partial charge in [0, 0.05) is 43.2 Å². The maximum Gasteiger partial charge on any atom is 0.244 e. The molecule has 0 saturated carbocycles. The molecule has 1 fully saturated rings. The normalized spacial score (nSPS) is 17.0. The average molecular weight is 332 g/mol. The molecule has 1 aromatic carbocycles. The van der Waals surface area contributed by atoms with E-state index in [1.165, 1.54) is 0 Å². The van der Waals surface area contributed by atoms with Gasteiger partial charge in [-0.15, -0.1) is 0 Å². The Balaban J connectivity index is 1.63. The molecular weight excluding hydrogens is 312 g/mol. The van der Waals surface area contributed by atoms with Crippen molar-refractivity contribution in [3.8, 4) is 0 Å². The molecule has 2 aromatic rings. The molecule has 3 rings (SSSR count). The van der Waals surface area contributed by atoms with Crippen molar-refractivity contribution < 1.29 is 9.53 Å². The van der Waals surface area contributed by atoms with E-state index in [0.717, 1.165) is 15.7 Å². The van der Waals surface area contributed by atoms with Crippen LogP contribution in [0.5, 0.6) is 0 Å². The van der Waals surface area contributed by atoms with Gasteiger partial charge < -0.3 is 20.4 Å². The second kappa shape index (κ2) is 6.74. The van der Waals surface area contributed by atoms with E-state index in [1.54, 1.807) is 18.0 Å². The van der Waals surface area contributed by atoms with Gasteiger partial charge >= 0.3 is 0 Å². The number of benzene rings is 1. The van der Waals surface area contributed by atoms with E-state index in [9.17, 15) is 4.79 Å². The molecule has 6 nitrogen and oxygen atoms in total. The predicted molar refractivity (Wildman–Crippen MR) is 89.4 cm³/mol. The molecule has 1 aromatic heterocycles. The summed E-state index contributed by atoms with van der Waals surface area (Å²) in [6, 6.07) is 7.68. The highest BCUT2D eigenvalue weighted by atomic mass is 32.2. The summed E-state index contributed by atoms with van der Waals surface area (Å²) in [5, 5.41) is 3.82. The fraction of sp³-hybridized carbons (Fsp3) is 0.375. The van der Waals surface area contributed by atoms with E-state index in [-0.39, 0.29) is 5.91 Å². The van der Waals surface area contributed by atoms with E-state index < -0.39 is 5.54 Å². The minimum atomic E-state index is -0.835. The average Bonchev–Trinajstić information content (AvgIpc) is 2.95. The van der Waals surface area contributed by atoms with Gasteiger partial charge in [0.15, 0.2) is 5.16 Å². The number of nitrogens with two attached hydrogens (primary N) is 1. The maximum absolute atomic E-state index is 12.4. The number of hydrogen-bond acceptors (Lipinski definition) is 5. The zero-order chi connectivity index (χ0) is 16.3. The minimum absolute atomic E-state index is 0.148. The number of aryl methyl sites for hydroxylation is 1. The van der Waals surface area contributed by atoms with Gasteiger partial charge in [0.25, 0.3) is 0 Å². The highest BCUT2D eigenvalue weighted by molar-refractivity contribution is 7.99. The van der Waals surface area contributed by atoms with Crippen molar-refractivity contribution in [2.75, 3.05) is 18.5 Å². The van der Waals surface area contributed by atoms with Crippen LogP contribution in [0, 0.1) is 0 Å². The van der Waals surface area contributed by atoms with Crippen LogP contribution in [-0.2, 0) is 16.6 Å². The number of anilines is 1. The first-order valence-corrected chi connectivity index (χ1v) is 8.32. The van der Waals surface area contributed by atoms with Crippen LogP contribution in [0.4, 0.5) is 5.69 Å². The third kappa shape index (κ3) is 3.74. The van der Waals surface area contributed by atoms with E-state index in [0.29, 0.717) is 26.1 Å². The van der Waals surface area contributed by atoms with E-state index in [4.69, 9.17) is 10.5 Å². The molecule has 122 valence electrons. The molecule has 2 heterocycles. The fourth-order valence-electron chi connectivity index (χ4n) is 2.38. The molecule has 0 atom stereocenters. The van der Waals surface area contributed by atoms with Crippen LogP contribution < -0.4 is 11.1 Å². The molecule has 1 aliphatic heterocycles. The summed E-state index contributed by atoms with van der Waals surface area (Å²) >= 11 is 1.57. The van der Waals surface area contributed by atoms with Crippen molar-refractivity contribution in [3.63, 3.8) is 0 Å². The summed E-state index contributed by atoms with van der Waals surface area (Å²) in [4.78, 5) is 17.7. The van der Waals surface area contributed by atoms with Crippen molar-refractivity contribution in [1.82, 2.24) is 9.55 Å². The third-order valence-electron chi connectivity index (χ3n) is 3.94. The first-order chi connectivity index (χ1) is 11.1. The zero-order valence-electron chi connectivity index (χ0n) is 13.0. The molecule has 23 heavy (non-hydrogen) atoms. The van der Waals surface area contributed by atoms with Gasteiger partial charge in [-0.1, -0.05) is 11.8 Å². The summed E-state index contributed by atoms with van der Waals surface area (Å²) in [6.45, 7) is 1.06. The number of aromatic nitrogens is 2. The van der Waals surface area contributed by atoms with Gasteiger partial charge in [0.2, 0.25) is 5.91 Å². The van der Waals surface area contributed by atoms with Gasteiger partial charge in [-0.2, -0.15) is 0 Å². The second-order valence-corrected chi connectivity index (χ2v) is 6.71. The number of carbonyl (C=O) groups excluding carboxylic acids is 1. The lowest BCUT2D eigenvalue weighted by atomic mass is 9.90. The molecule has 1 aliphatic rings. The number of carbonyl (C=O) groups is 1. The SMILES string of the molecule is Cn1ccnc1Sc1ccc(NC(=O)C2(N)CCOCC2)cc1. The van der Waals surface area contributed by atoms with Crippen molar-refractivity contribution >= 4 is 23.4 Å². The summed E-state index contributed by atoms with van der Waals surface area (Å²) in [5.74, 6) is -0.148. The van der Waals surface area contributed by atoms with Gasteiger partial charge in [0.1, 0.15) is 5.54 Å². The standard InChI is InChI=1S/C16H20N4O2S/c1-20-9-8-18-15(20)23-13-4-2-12(3-5-13)19-14(21)16(17)6-10-22-11-7-16/h2-5,8-9H,6-7,10-11,17H2,1H3,(H,19,21). The van der Waals surface area contributed by atoms with Gasteiger partial charge in [-0.25, -0.2) is 4.98 Å². The molecule has 1 saturated heterocycles. The number of imidazole rings is 1. The number of rotatable bonds is 4. The lowest BCUT2D eigenvalue weighted by molar-refractivity contribution is -0.124. The largest absolute Gasteiger partial charge is 0.381 e. The lowest BCUT2D eigenvalue weighted by Gasteiger charge is -2.31. The number of nitrogens with one attached hydrogen (secondary N) is 1. The van der Waals surface area contributed by atoms with Crippen LogP contribution >= 0.6 is 11.8 Å². The van der Waals surface area contributed by atoms with E-state index in [2.05, 4.69) is 10.3 Å². The van der Waals surface area contributed by atoms with Crippen LogP contribution in [0.15, 0.2) is 46.7 Å². The first kappa shape index (κ1) is 16.0. The molecule has 0 radical (unpaired) electrons. The molecule has 0 spiro atoms. The Hall–Kier alpha value is -1.83. The predicted octanol–water partition coefficient (Wildman–Crippen LogP) is 2.02. The Labute approximate surface area is 139 Å². The molecule has 0 bridgehead atoms. The van der Waals surface area contributed by atoms with Crippen LogP contribution in [-0.4, -0.2) is 34.2 Å². The highest BCUT2D eigenvalue weighted by Crippen LogP contribution is 2.27. The smallest absolute Gasteiger partial charge is 0.244 e. The molecule has 3 N–H and O–H groups in total. The Bertz CT molecular complexity index is 678. The summed E-state index contributed by atoms with van der Waals surface area (Å²) in [7, 11) is 1.96. The second-order valence-electron chi connectivity index (χ2n) is 5.67. The maximum atomic E-state index is 12.4. The van der Waals surface area contributed by atoms with Crippen molar-refractivity contribution in [2.24, 2.45) is 12.8 Å². The Morgan fingerprint density at radius 1 is 1.35 bits per heavy atom. The number of hydrogen-bond donors (Lipinski definition) is 2. The van der Waals surface area contributed by atoms with E-state index >= 15 is 0 Å². The first-order valence-electron chi connectivity index (χ1n) is 7.50. The molecule has 0 aliphatic carbocycles. The van der Waals surface area contributed by atoms with Crippen molar-refractivity contribution in [2.45, 2.75) is 28.4 Å². The highest BCUT2D eigenvalue weighted by Gasteiger charge is 2.35. The van der Waals surface area contributed by atoms with Crippen LogP contribution in [0.25, 0.3) is 0 Å². The van der Waals surface area contributed by atoms with Gasteiger partial charge in [0.05, 0.1) is 0 Å². The monoisotopic (exact) mass is 332 g/mol. The van der Waals surface area contributed by atoms with E-state index in [1.807, 2.05) is 42.1 Å².